The third kappa shape index (κ3) is 3.71. The number of hydrogen-bond acceptors (Lipinski definition) is 2. The highest BCUT2D eigenvalue weighted by atomic mass is 16.1. The van der Waals surface area contributed by atoms with Gasteiger partial charge < -0.3 is 5.73 Å². The van der Waals surface area contributed by atoms with Crippen molar-refractivity contribution in [2.24, 2.45) is 10.7 Å². The van der Waals surface area contributed by atoms with Crippen LogP contribution in [0.2, 0.25) is 0 Å². The van der Waals surface area contributed by atoms with Gasteiger partial charge in [-0.05, 0) is 20.8 Å². The molecule has 0 saturated heterocycles. The molecule has 0 heterocycles. The number of aliphatic imine (C=N–C) groups is 1. The fourth-order valence-electron chi connectivity index (χ4n) is 0.526. The first-order valence-corrected chi connectivity index (χ1v) is 3.75. The quantitative estimate of drug-likeness (QED) is 0.500. The van der Waals surface area contributed by atoms with Crippen LogP contribution in [0.3, 0.4) is 0 Å². The number of rotatable bonds is 3. The molecule has 0 atom stereocenters. The van der Waals surface area contributed by atoms with Gasteiger partial charge in [0.05, 0.1) is 5.57 Å². The van der Waals surface area contributed by atoms with Gasteiger partial charge in [-0.2, -0.15) is 0 Å². The Labute approximate surface area is 72.7 Å². The number of allylic oxidation sites excluding steroid dienone is 3. The van der Waals surface area contributed by atoms with Gasteiger partial charge in [-0.25, -0.2) is 0 Å². The molecule has 0 radical (unpaired) electrons. The van der Waals surface area contributed by atoms with E-state index in [0.717, 1.165) is 5.70 Å². The minimum absolute atomic E-state index is 0.427. The topological polar surface area (TPSA) is 55.4 Å². The van der Waals surface area contributed by atoms with Crippen molar-refractivity contribution in [1.29, 1.82) is 0 Å². The van der Waals surface area contributed by atoms with E-state index in [2.05, 4.69) is 4.99 Å². The smallest absolute Gasteiger partial charge is 0.249 e. The van der Waals surface area contributed by atoms with E-state index in [9.17, 15) is 4.79 Å². The van der Waals surface area contributed by atoms with Gasteiger partial charge in [0.1, 0.15) is 0 Å². The summed E-state index contributed by atoms with van der Waals surface area (Å²) in [4.78, 5) is 14.7. The molecule has 66 valence electrons. The van der Waals surface area contributed by atoms with Crippen LogP contribution in [0.5, 0.6) is 0 Å². The van der Waals surface area contributed by atoms with Crippen molar-refractivity contribution in [2.75, 3.05) is 0 Å². The zero-order chi connectivity index (χ0) is 9.56. The van der Waals surface area contributed by atoms with Crippen molar-refractivity contribution in [3.8, 4) is 0 Å². The van der Waals surface area contributed by atoms with E-state index in [0.29, 0.717) is 5.57 Å². The molecule has 3 heteroatoms. The maximum atomic E-state index is 10.7. The number of carbonyl (C=O) groups excluding carboxylic acids is 1. The van der Waals surface area contributed by atoms with Crippen LogP contribution in [0, 0.1) is 0 Å². The Kier molecular flexibility index (Phi) is 4.69. The fraction of sp³-hybridized carbons (Fsp3) is 0.333. The largest absolute Gasteiger partial charge is 0.366 e. The molecule has 0 fully saturated rings. The highest BCUT2D eigenvalue weighted by molar-refractivity contribution is 6.11. The van der Waals surface area contributed by atoms with E-state index < -0.39 is 5.91 Å². The summed E-state index contributed by atoms with van der Waals surface area (Å²) in [6.45, 7) is 5.48. The van der Waals surface area contributed by atoms with E-state index in [1.165, 1.54) is 6.21 Å². The summed E-state index contributed by atoms with van der Waals surface area (Å²) in [5.74, 6) is -0.454. The van der Waals surface area contributed by atoms with Crippen molar-refractivity contribution in [1.82, 2.24) is 0 Å². The summed E-state index contributed by atoms with van der Waals surface area (Å²) in [5.41, 5.74) is 6.34. The molecule has 2 N–H and O–H groups in total. The average Bonchev–Trinajstić information content (AvgIpc) is 2.04. The fourth-order valence-corrected chi connectivity index (χ4v) is 0.526. The second kappa shape index (κ2) is 5.29. The van der Waals surface area contributed by atoms with Crippen molar-refractivity contribution in [3.63, 3.8) is 0 Å². The number of nitrogens with zero attached hydrogens (tertiary/aromatic N) is 1. The van der Waals surface area contributed by atoms with Gasteiger partial charge in [-0.15, -0.1) is 0 Å². The molecule has 0 saturated carbocycles. The highest BCUT2D eigenvalue weighted by Gasteiger charge is 1.97. The lowest BCUT2D eigenvalue weighted by Gasteiger charge is -1.92. The molecule has 0 aromatic rings. The lowest BCUT2D eigenvalue weighted by Crippen LogP contribution is -2.14. The van der Waals surface area contributed by atoms with Crippen LogP contribution >= 0.6 is 0 Å². The first kappa shape index (κ1) is 10.6. The standard InChI is InChI=1S/C9H14N2O/c1-4-7(3)11-6-8(5-2)9(10)12/h4-6H,1-3H3,(H2,10,12)/b7-4?,8-5+,11-6?. The molecule has 0 bridgehead atoms. The number of hydrogen-bond donors (Lipinski definition) is 1. The molecular weight excluding hydrogens is 152 g/mol. The molecular formula is C9H14N2O. The molecule has 0 aliphatic heterocycles. The summed E-state index contributed by atoms with van der Waals surface area (Å²) >= 11 is 0. The number of primary amides is 1. The summed E-state index contributed by atoms with van der Waals surface area (Å²) in [7, 11) is 0. The molecule has 12 heavy (non-hydrogen) atoms. The van der Waals surface area contributed by atoms with Crippen LogP contribution in [0.15, 0.2) is 28.4 Å². The Morgan fingerprint density at radius 1 is 1.33 bits per heavy atom. The first-order valence-electron chi connectivity index (χ1n) is 3.75. The van der Waals surface area contributed by atoms with Gasteiger partial charge in [-0.3, -0.25) is 9.79 Å². The normalized spacial score (nSPS) is 13.9. The van der Waals surface area contributed by atoms with Crippen LogP contribution in [0.4, 0.5) is 0 Å². The maximum absolute atomic E-state index is 10.7. The first-order chi connectivity index (χ1) is 5.61. The molecule has 0 aliphatic carbocycles. The SMILES string of the molecule is CC=C(C)N=C/C(=C\C)C(N)=O. The molecule has 0 rings (SSSR count). The van der Waals surface area contributed by atoms with Gasteiger partial charge in [0.15, 0.2) is 0 Å². The van der Waals surface area contributed by atoms with Crippen molar-refractivity contribution in [2.45, 2.75) is 20.8 Å². The van der Waals surface area contributed by atoms with Crippen molar-refractivity contribution < 1.29 is 4.79 Å². The van der Waals surface area contributed by atoms with Gasteiger partial charge in [0, 0.05) is 11.9 Å². The third-order valence-electron chi connectivity index (χ3n) is 1.42. The van der Waals surface area contributed by atoms with Crippen molar-refractivity contribution >= 4 is 12.1 Å². The Morgan fingerprint density at radius 3 is 2.25 bits per heavy atom. The molecule has 0 unspecified atom stereocenters. The van der Waals surface area contributed by atoms with Crippen LogP contribution < -0.4 is 5.73 Å². The maximum Gasteiger partial charge on any atom is 0.249 e. The van der Waals surface area contributed by atoms with Gasteiger partial charge in [0.25, 0.3) is 0 Å². The Bertz CT molecular complexity index is 249. The minimum atomic E-state index is -0.454. The number of nitrogens with two attached hydrogens (primary N) is 1. The van der Waals surface area contributed by atoms with E-state index in [1.54, 1.807) is 13.0 Å². The summed E-state index contributed by atoms with van der Waals surface area (Å²) in [6, 6.07) is 0. The second-order valence-corrected chi connectivity index (χ2v) is 2.30. The Morgan fingerprint density at radius 2 is 1.92 bits per heavy atom. The highest BCUT2D eigenvalue weighted by Crippen LogP contribution is 1.95. The third-order valence-corrected chi connectivity index (χ3v) is 1.42. The predicted molar refractivity (Wildman–Crippen MR) is 50.9 cm³/mol. The predicted octanol–water partition coefficient (Wildman–Crippen LogP) is 1.41. The molecule has 0 aromatic heterocycles. The van der Waals surface area contributed by atoms with Crippen molar-refractivity contribution in [3.05, 3.63) is 23.4 Å². The van der Waals surface area contributed by atoms with E-state index in [-0.39, 0.29) is 0 Å². The van der Waals surface area contributed by atoms with Crippen LogP contribution in [0.25, 0.3) is 0 Å². The van der Waals surface area contributed by atoms with Gasteiger partial charge >= 0.3 is 0 Å². The number of carbonyl (C=O) groups is 1. The molecule has 0 aliphatic rings. The lowest BCUT2D eigenvalue weighted by atomic mass is 10.2. The monoisotopic (exact) mass is 166 g/mol. The minimum Gasteiger partial charge on any atom is -0.366 e. The summed E-state index contributed by atoms with van der Waals surface area (Å²) < 4.78 is 0. The molecule has 1 amide bonds. The van der Waals surface area contributed by atoms with E-state index in [4.69, 9.17) is 5.73 Å². The summed E-state index contributed by atoms with van der Waals surface area (Å²) in [5, 5.41) is 0. The lowest BCUT2D eigenvalue weighted by molar-refractivity contribution is -0.114. The molecule has 0 spiro atoms. The van der Waals surface area contributed by atoms with E-state index in [1.807, 2.05) is 19.9 Å². The Hall–Kier alpha value is -1.38. The molecule has 3 nitrogen and oxygen atoms in total. The zero-order valence-electron chi connectivity index (χ0n) is 7.66. The number of amides is 1. The zero-order valence-corrected chi connectivity index (χ0v) is 7.66. The van der Waals surface area contributed by atoms with Gasteiger partial charge in [-0.1, -0.05) is 12.2 Å². The van der Waals surface area contributed by atoms with E-state index >= 15 is 0 Å². The van der Waals surface area contributed by atoms with Gasteiger partial charge in [0.2, 0.25) is 5.91 Å². The Balaban J connectivity index is 4.43. The van der Waals surface area contributed by atoms with Crippen LogP contribution in [-0.2, 0) is 4.79 Å². The summed E-state index contributed by atoms with van der Waals surface area (Å²) in [6.07, 6.45) is 4.96. The van der Waals surface area contributed by atoms with Crippen LogP contribution in [0.1, 0.15) is 20.8 Å². The molecule has 0 aromatic carbocycles. The average molecular weight is 166 g/mol. The second-order valence-electron chi connectivity index (χ2n) is 2.30. The van der Waals surface area contributed by atoms with Crippen LogP contribution in [-0.4, -0.2) is 12.1 Å².